The predicted molar refractivity (Wildman–Crippen MR) is 172 cm³/mol. The summed E-state index contributed by atoms with van der Waals surface area (Å²) in [5.74, 6) is -0.381. The third-order valence-corrected chi connectivity index (χ3v) is 7.42. The lowest BCUT2D eigenvalue weighted by molar-refractivity contribution is -0.132. The summed E-state index contributed by atoms with van der Waals surface area (Å²) in [5, 5.41) is 13.5. The van der Waals surface area contributed by atoms with E-state index in [1.165, 1.54) is 6.08 Å². The average Bonchev–Trinajstić information content (AvgIpc) is 3.18. The fourth-order valence-electron chi connectivity index (χ4n) is 4.82. The summed E-state index contributed by atoms with van der Waals surface area (Å²) in [6.45, 7) is 22.2. The van der Waals surface area contributed by atoms with Crippen LogP contribution in [0.4, 0.5) is 0 Å². The van der Waals surface area contributed by atoms with E-state index < -0.39 is 5.97 Å². The molecule has 0 fully saturated rings. The molecule has 0 aliphatic rings. The van der Waals surface area contributed by atoms with Crippen LogP contribution in [0, 0.1) is 13.8 Å². The Morgan fingerprint density at radius 3 is 2.36 bits per heavy atom. The molecule has 3 aromatic rings. The number of carbonyl (C=O) groups excluding carboxylic acids is 1. The van der Waals surface area contributed by atoms with Gasteiger partial charge in [-0.2, -0.15) is 0 Å². The molecule has 1 atom stereocenters. The lowest BCUT2D eigenvalue weighted by Crippen LogP contribution is -2.26. The van der Waals surface area contributed by atoms with E-state index >= 15 is 0 Å². The molecule has 0 saturated heterocycles. The Labute approximate surface area is 249 Å². The van der Waals surface area contributed by atoms with E-state index in [0.717, 1.165) is 39.0 Å². The molecular weight excluding hydrogens is 524 g/mol. The van der Waals surface area contributed by atoms with Crippen molar-refractivity contribution < 1.29 is 19.4 Å². The van der Waals surface area contributed by atoms with E-state index in [0.29, 0.717) is 23.3 Å². The predicted octanol–water partition coefficient (Wildman–Crippen LogP) is 8.18. The number of carboxylic acids is 1. The molecule has 0 spiro atoms. The monoisotopic (exact) mass is 566 g/mol. The fraction of sp³-hybridized carbons (Fsp3) is 0.278. The highest BCUT2D eigenvalue weighted by Gasteiger charge is 2.17. The molecule has 0 aliphatic carbocycles. The summed E-state index contributed by atoms with van der Waals surface area (Å²) in [4.78, 5) is 24.7. The summed E-state index contributed by atoms with van der Waals surface area (Å²) >= 11 is 0. The van der Waals surface area contributed by atoms with Gasteiger partial charge in [-0.3, -0.25) is 4.79 Å². The second kappa shape index (κ2) is 13.9. The third kappa shape index (κ3) is 7.38. The number of aryl methyl sites for hydroxylation is 1. The van der Waals surface area contributed by atoms with Gasteiger partial charge >= 0.3 is 5.97 Å². The number of aromatic nitrogens is 1. The van der Waals surface area contributed by atoms with Gasteiger partial charge in [-0.15, -0.1) is 0 Å². The first-order chi connectivity index (χ1) is 19.9. The van der Waals surface area contributed by atoms with Gasteiger partial charge in [-0.25, -0.2) is 4.79 Å². The van der Waals surface area contributed by atoms with E-state index in [1.54, 1.807) is 13.0 Å². The lowest BCUT2D eigenvalue weighted by atomic mass is 9.99. The number of fused-ring (bicyclic) bond motifs is 1. The van der Waals surface area contributed by atoms with E-state index in [1.807, 2.05) is 82.3 Å². The van der Waals surface area contributed by atoms with Crippen LogP contribution in [0.25, 0.3) is 10.9 Å². The second-order valence-corrected chi connectivity index (χ2v) is 10.7. The van der Waals surface area contributed by atoms with Crippen molar-refractivity contribution in [3.63, 3.8) is 0 Å². The van der Waals surface area contributed by atoms with Gasteiger partial charge in [0.1, 0.15) is 5.75 Å². The standard InChI is InChI=1S/C36H42N2O4/c1-10-28(16-15-23(5)24(6)32(11-2)36(40)41)21-38-27(9)25(7)33-20-30(17-18-34(33)38)35(39)37-26(8)29-13-12-14-31(19-29)42-22(3)4/h10-20,22,26H,5-6,21H2,1-4,7-9H3,(H,37,39)(H,40,41). The number of aliphatic carboxylic acids is 1. The van der Waals surface area contributed by atoms with Gasteiger partial charge < -0.3 is 19.7 Å². The van der Waals surface area contributed by atoms with Crippen LogP contribution < -0.4 is 10.1 Å². The number of benzene rings is 2. The maximum absolute atomic E-state index is 13.3. The van der Waals surface area contributed by atoms with E-state index in [9.17, 15) is 14.7 Å². The highest BCUT2D eigenvalue weighted by Crippen LogP contribution is 2.28. The first kappa shape index (κ1) is 31.9. The first-order valence-electron chi connectivity index (χ1n) is 14.2. The van der Waals surface area contributed by atoms with Crippen molar-refractivity contribution in [1.29, 1.82) is 0 Å². The van der Waals surface area contributed by atoms with Crippen molar-refractivity contribution in [3.05, 3.63) is 125 Å². The molecular formula is C36H42N2O4. The molecule has 3 rings (SSSR count). The van der Waals surface area contributed by atoms with Crippen molar-refractivity contribution in [3.8, 4) is 5.75 Å². The number of amides is 1. The lowest BCUT2D eigenvalue weighted by Gasteiger charge is -2.17. The van der Waals surface area contributed by atoms with E-state index in [4.69, 9.17) is 4.74 Å². The minimum atomic E-state index is -1.03. The highest BCUT2D eigenvalue weighted by atomic mass is 16.5. The van der Waals surface area contributed by atoms with Crippen LogP contribution in [0.15, 0.2) is 102 Å². The van der Waals surface area contributed by atoms with Gasteiger partial charge in [0.15, 0.2) is 0 Å². The summed E-state index contributed by atoms with van der Waals surface area (Å²) in [6.07, 6.45) is 7.35. The Balaban J connectivity index is 1.81. The van der Waals surface area contributed by atoms with E-state index in [-0.39, 0.29) is 23.6 Å². The molecule has 0 radical (unpaired) electrons. The number of hydrogen-bond donors (Lipinski definition) is 2. The first-order valence-corrected chi connectivity index (χ1v) is 14.2. The maximum atomic E-state index is 13.3. The number of ether oxygens (including phenoxy) is 1. The van der Waals surface area contributed by atoms with Gasteiger partial charge in [0, 0.05) is 28.7 Å². The molecule has 220 valence electrons. The van der Waals surface area contributed by atoms with Crippen LogP contribution in [0.5, 0.6) is 5.75 Å². The molecule has 0 saturated carbocycles. The molecule has 0 aliphatic heterocycles. The number of carboxylic acid groups (broad SMARTS) is 1. The Bertz CT molecular complexity index is 1610. The molecule has 1 aromatic heterocycles. The minimum Gasteiger partial charge on any atom is -0.491 e. The van der Waals surface area contributed by atoms with Crippen LogP contribution in [0.2, 0.25) is 0 Å². The van der Waals surface area contributed by atoms with Crippen LogP contribution in [-0.4, -0.2) is 27.7 Å². The molecule has 2 N–H and O–H groups in total. The Hall–Kier alpha value is -4.58. The van der Waals surface area contributed by atoms with Crippen LogP contribution in [0.3, 0.4) is 0 Å². The van der Waals surface area contributed by atoms with Crippen molar-refractivity contribution in [1.82, 2.24) is 9.88 Å². The SMILES string of the molecule is C=C(C=CC(=CC)Cn1c(C)c(C)c2cc(C(=O)NC(C)c3cccc(OC(C)C)c3)ccc21)C(=C)C(=CC)C(=O)O. The van der Waals surface area contributed by atoms with Crippen molar-refractivity contribution >= 4 is 22.8 Å². The molecule has 6 nitrogen and oxygen atoms in total. The number of rotatable bonds is 12. The van der Waals surface area contributed by atoms with Gasteiger partial charge in [-0.05, 0) is 107 Å². The normalized spacial score (nSPS) is 13.0. The number of nitrogens with one attached hydrogen (secondary N) is 1. The zero-order valence-corrected chi connectivity index (χ0v) is 25.7. The minimum absolute atomic E-state index is 0.0745. The largest absolute Gasteiger partial charge is 0.491 e. The number of nitrogens with zero attached hydrogens (tertiary/aromatic N) is 1. The summed E-state index contributed by atoms with van der Waals surface area (Å²) in [5.41, 5.74) is 6.92. The van der Waals surface area contributed by atoms with Crippen molar-refractivity contribution in [2.45, 2.75) is 67.2 Å². The molecule has 1 amide bonds. The molecule has 1 heterocycles. The Morgan fingerprint density at radius 1 is 1.02 bits per heavy atom. The maximum Gasteiger partial charge on any atom is 0.335 e. The number of hydrogen-bond acceptors (Lipinski definition) is 3. The van der Waals surface area contributed by atoms with Crippen molar-refractivity contribution in [2.75, 3.05) is 0 Å². The highest BCUT2D eigenvalue weighted by molar-refractivity contribution is 5.99. The molecule has 0 bridgehead atoms. The number of allylic oxidation sites excluding steroid dienone is 6. The Morgan fingerprint density at radius 2 is 1.74 bits per heavy atom. The van der Waals surface area contributed by atoms with Crippen LogP contribution >= 0.6 is 0 Å². The Kier molecular flexibility index (Phi) is 10.5. The van der Waals surface area contributed by atoms with Gasteiger partial charge in [-0.1, -0.05) is 49.6 Å². The quantitative estimate of drug-likeness (QED) is 0.171. The van der Waals surface area contributed by atoms with Gasteiger partial charge in [0.2, 0.25) is 0 Å². The zero-order valence-electron chi connectivity index (χ0n) is 25.7. The summed E-state index contributed by atoms with van der Waals surface area (Å²) in [7, 11) is 0. The zero-order chi connectivity index (χ0) is 31.1. The molecule has 6 heteroatoms. The van der Waals surface area contributed by atoms with Crippen LogP contribution in [0.1, 0.15) is 67.8 Å². The molecule has 42 heavy (non-hydrogen) atoms. The smallest absolute Gasteiger partial charge is 0.335 e. The molecule has 1 unspecified atom stereocenters. The van der Waals surface area contributed by atoms with Gasteiger partial charge in [0.25, 0.3) is 5.91 Å². The second-order valence-electron chi connectivity index (χ2n) is 10.7. The van der Waals surface area contributed by atoms with Crippen LogP contribution in [-0.2, 0) is 11.3 Å². The fourth-order valence-corrected chi connectivity index (χ4v) is 4.82. The molecule has 2 aromatic carbocycles. The van der Waals surface area contributed by atoms with Crippen molar-refractivity contribution in [2.24, 2.45) is 0 Å². The van der Waals surface area contributed by atoms with Gasteiger partial charge in [0.05, 0.1) is 17.7 Å². The third-order valence-electron chi connectivity index (χ3n) is 7.42. The summed E-state index contributed by atoms with van der Waals surface area (Å²) in [6, 6.07) is 13.4. The average molecular weight is 567 g/mol. The topological polar surface area (TPSA) is 80.6 Å². The number of carbonyl (C=O) groups is 2. The van der Waals surface area contributed by atoms with E-state index in [2.05, 4.69) is 36.9 Å². The summed E-state index contributed by atoms with van der Waals surface area (Å²) < 4.78 is 8.03.